The number of pyridine rings is 1. The van der Waals surface area contributed by atoms with E-state index >= 15 is 0 Å². The minimum Gasteiger partial charge on any atom is -0.396 e. The van der Waals surface area contributed by atoms with Gasteiger partial charge in [0.15, 0.2) is 0 Å². The van der Waals surface area contributed by atoms with E-state index < -0.39 is 0 Å². The Labute approximate surface area is 104 Å². The van der Waals surface area contributed by atoms with Crippen LogP contribution in [0.1, 0.15) is 37.1 Å². The van der Waals surface area contributed by atoms with Crippen LogP contribution in [0.3, 0.4) is 0 Å². The molecule has 1 heterocycles. The summed E-state index contributed by atoms with van der Waals surface area (Å²) < 4.78 is 0. The SMILES string of the molecule is Cc1cccc(CN(C)CCCCCCO)n1. The molecule has 0 radical (unpaired) electrons. The van der Waals surface area contributed by atoms with Crippen LogP contribution in [0.25, 0.3) is 0 Å². The monoisotopic (exact) mass is 236 g/mol. The van der Waals surface area contributed by atoms with Crippen LogP contribution in [0, 0.1) is 6.92 Å². The quantitative estimate of drug-likeness (QED) is 0.704. The predicted octanol–water partition coefficient (Wildman–Crippen LogP) is 2.37. The molecule has 0 amide bonds. The van der Waals surface area contributed by atoms with Gasteiger partial charge in [-0.2, -0.15) is 0 Å². The van der Waals surface area contributed by atoms with Crippen LogP contribution in [-0.2, 0) is 6.54 Å². The Morgan fingerprint density at radius 2 is 1.94 bits per heavy atom. The van der Waals surface area contributed by atoms with Gasteiger partial charge in [-0.15, -0.1) is 0 Å². The van der Waals surface area contributed by atoms with Gasteiger partial charge in [0.05, 0.1) is 5.69 Å². The maximum absolute atomic E-state index is 8.68. The molecule has 96 valence electrons. The number of aromatic nitrogens is 1. The van der Waals surface area contributed by atoms with E-state index in [1.54, 1.807) is 0 Å². The molecule has 1 N–H and O–H groups in total. The van der Waals surface area contributed by atoms with E-state index in [2.05, 4.69) is 29.1 Å². The van der Waals surface area contributed by atoms with Crippen LogP contribution < -0.4 is 0 Å². The van der Waals surface area contributed by atoms with Crippen molar-refractivity contribution < 1.29 is 5.11 Å². The van der Waals surface area contributed by atoms with Gasteiger partial charge in [-0.05, 0) is 45.5 Å². The molecule has 0 saturated carbocycles. The van der Waals surface area contributed by atoms with E-state index in [0.717, 1.165) is 37.3 Å². The number of hydrogen-bond donors (Lipinski definition) is 1. The molecule has 1 rings (SSSR count). The van der Waals surface area contributed by atoms with Gasteiger partial charge in [-0.1, -0.05) is 18.9 Å². The minimum absolute atomic E-state index is 0.322. The summed E-state index contributed by atoms with van der Waals surface area (Å²) in [5, 5.41) is 8.68. The van der Waals surface area contributed by atoms with Gasteiger partial charge < -0.3 is 10.0 Å². The van der Waals surface area contributed by atoms with Crippen molar-refractivity contribution in [2.75, 3.05) is 20.2 Å². The Balaban J connectivity index is 2.18. The van der Waals surface area contributed by atoms with Gasteiger partial charge in [0.1, 0.15) is 0 Å². The molecule has 0 atom stereocenters. The van der Waals surface area contributed by atoms with Crippen LogP contribution in [-0.4, -0.2) is 35.2 Å². The molecule has 0 saturated heterocycles. The first-order chi connectivity index (χ1) is 8.22. The van der Waals surface area contributed by atoms with E-state index in [4.69, 9.17) is 5.11 Å². The Bertz CT molecular complexity index is 315. The molecule has 0 fully saturated rings. The lowest BCUT2D eigenvalue weighted by atomic mass is 10.2. The second-order valence-corrected chi connectivity index (χ2v) is 4.65. The highest BCUT2D eigenvalue weighted by Crippen LogP contribution is 2.04. The van der Waals surface area contributed by atoms with Crippen molar-refractivity contribution in [2.24, 2.45) is 0 Å². The van der Waals surface area contributed by atoms with Crippen molar-refractivity contribution >= 4 is 0 Å². The largest absolute Gasteiger partial charge is 0.396 e. The smallest absolute Gasteiger partial charge is 0.0547 e. The summed E-state index contributed by atoms with van der Waals surface area (Å²) in [6.45, 7) is 4.37. The van der Waals surface area contributed by atoms with E-state index in [-0.39, 0.29) is 0 Å². The average molecular weight is 236 g/mol. The third-order valence-electron chi connectivity index (χ3n) is 2.83. The fraction of sp³-hybridized carbons (Fsp3) is 0.643. The number of rotatable bonds is 8. The normalized spacial score (nSPS) is 11.1. The molecule has 1 aromatic rings. The van der Waals surface area contributed by atoms with Crippen molar-refractivity contribution in [3.63, 3.8) is 0 Å². The molecule has 3 heteroatoms. The number of aliphatic hydroxyl groups is 1. The van der Waals surface area contributed by atoms with E-state index in [1.807, 2.05) is 13.0 Å². The highest BCUT2D eigenvalue weighted by molar-refractivity contribution is 5.09. The molecule has 0 aliphatic rings. The van der Waals surface area contributed by atoms with Gasteiger partial charge in [-0.25, -0.2) is 0 Å². The number of hydrogen-bond acceptors (Lipinski definition) is 3. The third-order valence-corrected chi connectivity index (χ3v) is 2.83. The highest BCUT2D eigenvalue weighted by Gasteiger charge is 2.01. The van der Waals surface area contributed by atoms with Gasteiger partial charge in [0, 0.05) is 18.8 Å². The molecule has 0 bridgehead atoms. The standard InChI is InChI=1S/C14H24N2O/c1-13-8-7-9-14(15-13)12-16(2)10-5-3-4-6-11-17/h7-9,17H,3-6,10-12H2,1-2H3. The first kappa shape index (κ1) is 14.1. The van der Waals surface area contributed by atoms with Crippen molar-refractivity contribution in [3.8, 4) is 0 Å². The van der Waals surface area contributed by atoms with Crippen molar-refractivity contribution in [2.45, 2.75) is 39.2 Å². The summed E-state index contributed by atoms with van der Waals surface area (Å²) in [4.78, 5) is 6.80. The summed E-state index contributed by atoms with van der Waals surface area (Å²) >= 11 is 0. The highest BCUT2D eigenvalue weighted by atomic mass is 16.2. The van der Waals surface area contributed by atoms with E-state index in [1.165, 1.54) is 12.8 Å². The summed E-state index contributed by atoms with van der Waals surface area (Å²) in [7, 11) is 2.13. The van der Waals surface area contributed by atoms with Crippen molar-refractivity contribution in [1.82, 2.24) is 9.88 Å². The molecule has 0 aromatic carbocycles. The number of nitrogens with zero attached hydrogens (tertiary/aromatic N) is 2. The third kappa shape index (κ3) is 6.39. The van der Waals surface area contributed by atoms with Crippen molar-refractivity contribution in [1.29, 1.82) is 0 Å². The number of aliphatic hydroxyl groups excluding tert-OH is 1. The summed E-state index contributed by atoms with van der Waals surface area (Å²) in [6, 6.07) is 6.17. The zero-order valence-electron chi connectivity index (χ0n) is 11.0. The molecular formula is C14H24N2O. The summed E-state index contributed by atoms with van der Waals surface area (Å²) in [5.41, 5.74) is 2.22. The van der Waals surface area contributed by atoms with Gasteiger partial charge in [0.25, 0.3) is 0 Å². The topological polar surface area (TPSA) is 36.4 Å². The van der Waals surface area contributed by atoms with Crippen LogP contribution in [0.5, 0.6) is 0 Å². The molecule has 17 heavy (non-hydrogen) atoms. The maximum Gasteiger partial charge on any atom is 0.0547 e. The first-order valence-electron chi connectivity index (χ1n) is 6.44. The molecule has 0 unspecified atom stereocenters. The molecule has 0 spiro atoms. The fourth-order valence-corrected chi connectivity index (χ4v) is 1.89. The van der Waals surface area contributed by atoms with Gasteiger partial charge in [-0.3, -0.25) is 4.98 Å². The van der Waals surface area contributed by atoms with Crippen LogP contribution in [0.4, 0.5) is 0 Å². The molecule has 0 aliphatic carbocycles. The Hall–Kier alpha value is -0.930. The van der Waals surface area contributed by atoms with E-state index in [9.17, 15) is 0 Å². The van der Waals surface area contributed by atoms with Crippen LogP contribution >= 0.6 is 0 Å². The Morgan fingerprint density at radius 1 is 1.18 bits per heavy atom. The lowest BCUT2D eigenvalue weighted by Crippen LogP contribution is -2.19. The summed E-state index contributed by atoms with van der Waals surface area (Å²) in [6.07, 6.45) is 4.46. The number of aryl methyl sites for hydroxylation is 1. The first-order valence-corrected chi connectivity index (χ1v) is 6.44. The predicted molar refractivity (Wildman–Crippen MR) is 70.9 cm³/mol. The zero-order chi connectivity index (χ0) is 12.5. The maximum atomic E-state index is 8.68. The fourth-order valence-electron chi connectivity index (χ4n) is 1.89. The second-order valence-electron chi connectivity index (χ2n) is 4.65. The van der Waals surface area contributed by atoms with Crippen LogP contribution in [0.2, 0.25) is 0 Å². The minimum atomic E-state index is 0.322. The Kier molecular flexibility index (Phi) is 6.82. The molecular weight excluding hydrogens is 212 g/mol. The van der Waals surface area contributed by atoms with Crippen molar-refractivity contribution in [3.05, 3.63) is 29.6 Å². The van der Waals surface area contributed by atoms with Gasteiger partial charge in [0.2, 0.25) is 0 Å². The molecule has 0 aliphatic heterocycles. The lowest BCUT2D eigenvalue weighted by molar-refractivity contribution is 0.276. The Morgan fingerprint density at radius 3 is 2.65 bits per heavy atom. The summed E-state index contributed by atoms with van der Waals surface area (Å²) in [5.74, 6) is 0. The average Bonchev–Trinajstić information content (AvgIpc) is 2.29. The zero-order valence-corrected chi connectivity index (χ0v) is 11.0. The molecule has 3 nitrogen and oxygen atoms in total. The number of unbranched alkanes of at least 4 members (excludes halogenated alkanes) is 3. The lowest BCUT2D eigenvalue weighted by Gasteiger charge is -2.16. The van der Waals surface area contributed by atoms with Gasteiger partial charge >= 0.3 is 0 Å². The molecule has 1 aromatic heterocycles. The van der Waals surface area contributed by atoms with Crippen LogP contribution in [0.15, 0.2) is 18.2 Å². The van der Waals surface area contributed by atoms with E-state index in [0.29, 0.717) is 6.61 Å². The second kappa shape index (κ2) is 8.20.